The minimum absolute atomic E-state index is 0.827. The molecule has 0 spiro atoms. The summed E-state index contributed by atoms with van der Waals surface area (Å²) in [6.07, 6.45) is 2.06. The van der Waals surface area contributed by atoms with Gasteiger partial charge in [0.05, 0.1) is 14.2 Å². The largest absolute Gasteiger partial charge is 0.497 e. The fourth-order valence-electron chi connectivity index (χ4n) is 1.61. The molecule has 3 nitrogen and oxygen atoms in total. The number of thiol groups is 1. The first kappa shape index (κ1) is 14.2. The Morgan fingerprint density at radius 2 is 2.00 bits per heavy atom. The molecule has 1 rings (SSSR count). The summed E-state index contributed by atoms with van der Waals surface area (Å²) in [5, 5.41) is 3.38. The van der Waals surface area contributed by atoms with Crippen LogP contribution < -0.4 is 14.8 Å². The second-order valence-electron chi connectivity index (χ2n) is 3.75. The zero-order valence-corrected chi connectivity index (χ0v) is 11.4. The number of rotatable bonds is 8. The molecule has 1 N–H and O–H groups in total. The third-order valence-electron chi connectivity index (χ3n) is 2.58. The van der Waals surface area contributed by atoms with Crippen LogP contribution in [-0.2, 0) is 6.42 Å². The van der Waals surface area contributed by atoms with Gasteiger partial charge in [0.1, 0.15) is 11.5 Å². The Bertz CT molecular complexity index is 331. The average Bonchev–Trinajstić information content (AvgIpc) is 2.38. The van der Waals surface area contributed by atoms with Crippen molar-refractivity contribution in [2.24, 2.45) is 0 Å². The highest BCUT2D eigenvalue weighted by Gasteiger charge is 2.04. The van der Waals surface area contributed by atoms with Crippen LogP contribution in [0.15, 0.2) is 18.2 Å². The monoisotopic (exact) mass is 255 g/mol. The van der Waals surface area contributed by atoms with Crippen molar-refractivity contribution in [2.75, 3.05) is 33.1 Å². The molecule has 96 valence electrons. The summed E-state index contributed by atoms with van der Waals surface area (Å²) in [4.78, 5) is 0. The predicted molar refractivity (Wildman–Crippen MR) is 74.6 cm³/mol. The number of hydrogen-bond donors (Lipinski definition) is 2. The molecule has 0 aromatic heterocycles. The number of hydrogen-bond acceptors (Lipinski definition) is 4. The maximum Gasteiger partial charge on any atom is 0.125 e. The average molecular weight is 255 g/mol. The number of benzene rings is 1. The Morgan fingerprint density at radius 1 is 1.18 bits per heavy atom. The molecular formula is C13H21NO2S. The van der Waals surface area contributed by atoms with Gasteiger partial charge in [0.25, 0.3) is 0 Å². The molecule has 0 aliphatic carbocycles. The Kier molecular flexibility index (Phi) is 6.89. The second-order valence-corrected chi connectivity index (χ2v) is 4.20. The Balaban J connectivity index is 2.46. The molecule has 0 bridgehead atoms. The molecule has 0 amide bonds. The van der Waals surface area contributed by atoms with Gasteiger partial charge < -0.3 is 14.8 Å². The van der Waals surface area contributed by atoms with Crippen molar-refractivity contribution in [2.45, 2.75) is 12.8 Å². The van der Waals surface area contributed by atoms with Gasteiger partial charge in [-0.15, -0.1) is 0 Å². The highest BCUT2D eigenvalue weighted by molar-refractivity contribution is 7.80. The Morgan fingerprint density at radius 3 is 2.65 bits per heavy atom. The van der Waals surface area contributed by atoms with E-state index in [-0.39, 0.29) is 0 Å². The Labute approximate surface area is 109 Å². The molecule has 0 saturated heterocycles. The molecule has 0 heterocycles. The molecule has 0 atom stereocenters. The van der Waals surface area contributed by atoms with Crippen molar-refractivity contribution in [3.63, 3.8) is 0 Å². The number of ether oxygens (including phenoxy) is 2. The van der Waals surface area contributed by atoms with Crippen molar-refractivity contribution >= 4 is 12.6 Å². The smallest absolute Gasteiger partial charge is 0.125 e. The van der Waals surface area contributed by atoms with Gasteiger partial charge in [-0.3, -0.25) is 0 Å². The van der Waals surface area contributed by atoms with Crippen LogP contribution >= 0.6 is 12.6 Å². The number of methoxy groups -OCH3 is 2. The standard InChI is InChI=1S/C13H21NO2S/c1-15-12-5-4-11(13(10-12)16-2)6-8-14-7-3-9-17/h4-5,10,14,17H,3,6-9H2,1-2H3. The highest BCUT2D eigenvalue weighted by Crippen LogP contribution is 2.24. The third kappa shape index (κ3) is 4.88. The van der Waals surface area contributed by atoms with Gasteiger partial charge in [0.15, 0.2) is 0 Å². The predicted octanol–water partition coefficient (Wildman–Crippen LogP) is 2.16. The van der Waals surface area contributed by atoms with Crippen LogP contribution in [0.4, 0.5) is 0 Å². The lowest BCUT2D eigenvalue weighted by Crippen LogP contribution is -2.19. The first-order chi connectivity index (χ1) is 8.31. The van der Waals surface area contributed by atoms with E-state index in [9.17, 15) is 0 Å². The lowest BCUT2D eigenvalue weighted by molar-refractivity contribution is 0.390. The van der Waals surface area contributed by atoms with E-state index in [2.05, 4.69) is 24.0 Å². The molecule has 0 radical (unpaired) electrons. The van der Waals surface area contributed by atoms with Gasteiger partial charge in [-0.1, -0.05) is 6.07 Å². The van der Waals surface area contributed by atoms with Crippen LogP contribution in [0.2, 0.25) is 0 Å². The van der Waals surface area contributed by atoms with Gasteiger partial charge in [0, 0.05) is 6.07 Å². The minimum atomic E-state index is 0.827. The molecule has 4 heteroatoms. The van der Waals surface area contributed by atoms with E-state index in [1.165, 1.54) is 5.56 Å². The summed E-state index contributed by atoms with van der Waals surface area (Å²) < 4.78 is 10.5. The fourth-order valence-corrected chi connectivity index (χ4v) is 1.77. The summed E-state index contributed by atoms with van der Waals surface area (Å²) in [6.45, 7) is 1.97. The fraction of sp³-hybridized carbons (Fsp3) is 0.538. The summed E-state index contributed by atoms with van der Waals surface area (Å²) in [7, 11) is 3.35. The highest BCUT2D eigenvalue weighted by atomic mass is 32.1. The van der Waals surface area contributed by atoms with Crippen LogP contribution in [0, 0.1) is 0 Å². The first-order valence-corrected chi connectivity index (χ1v) is 6.47. The van der Waals surface area contributed by atoms with Crippen LogP contribution in [0.3, 0.4) is 0 Å². The van der Waals surface area contributed by atoms with Gasteiger partial charge in [-0.25, -0.2) is 0 Å². The molecule has 0 saturated carbocycles. The van der Waals surface area contributed by atoms with Gasteiger partial charge >= 0.3 is 0 Å². The van der Waals surface area contributed by atoms with E-state index >= 15 is 0 Å². The topological polar surface area (TPSA) is 30.5 Å². The van der Waals surface area contributed by atoms with Crippen molar-refractivity contribution < 1.29 is 9.47 Å². The van der Waals surface area contributed by atoms with E-state index in [0.29, 0.717) is 0 Å². The van der Waals surface area contributed by atoms with E-state index < -0.39 is 0 Å². The van der Waals surface area contributed by atoms with Gasteiger partial charge in [-0.05, 0) is 43.3 Å². The molecule has 1 aromatic carbocycles. The van der Waals surface area contributed by atoms with Crippen LogP contribution in [0.1, 0.15) is 12.0 Å². The quantitative estimate of drug-likeness (QED) is 0.551. The van der Waals surface area contributed by atoms with E-state index in [1.807, 2.05) is 12.1 Å². The lowest BCUT2D eigenvalue weighted by atomic mass is 10.1. The zero-order valence-electron chi connectivity index (χ0n) is 10.5. The minimum Gasteiger partial charge on any atom is -0.497 e. The SMILES string of the molecule is COc1ccc(CCNCCCS)c(OC)c1. The second kappa shape index (κ2) is 8.25. The summed E-state index contributed by atoms with van der Waals surface area (Å²) >= 11 is 4.17. The van der Waals surface area contributed by atoms with Crippen LogP contribution in [0.5, 0.6) is 11.5 Å². The van der Waals surface area contributed by atoms with Crippen molar-refractivity contribution in [3.05, 3.63) is 23.8 Å². The van der Waals surface area contributed by atoms with Crippen LogP contribution in [-0.4, -0.2) is 33.1 Å². The first-order valence-electron chi connectivity index (χ1n) is 5.84. The lowest BCUT2D eigenvalue weighted by Gasteiger charge is -2.10. The summed E-state index contributed by atoms with van der Waals surface area (Å²) in [5.41, 5.74) is 1.20. The van der Waals surface area contributed by atoms with Gasteiger partial charge in [0.2, 0.25) is 0 Å². The molecule has 0 aliphatic rings. The van der Waals surface area contributed by atoms with E-state index in [1.54, 1.807) is 14.2 Å². The molecule has 17 heavy (non-hydrogen) atoms. The molecule has 0 unspecified atom stereocenters. The van der Waals surface area contributed by atoms with Gasteiger partial charge in [-0.2, -0.15) is 12.6 Å². The molecule has 0 fully saturated rings. The molecule has 1 aromatic rings. The maximum atomic E-state index is 5.35. The summed E-state index contributed by atoms with van der Waals surface area (Å²) in [5.74, 6) is 2.65. The van der Waals surface area contributed by atoms with Crippen molar-refractivity contribution in [3.8, 4) is 11.5 Å². The Hall–Kier alpha value is -0.870. The van der Waals surface area contributed by atoms with E-state index in [0.717, 1.165) is 43.2 Å². The van der Waals surface area contributed by atoms with E-state index in [4.69, 9.17) is 9.47 Å². The van der Waals surface area contributed by atoms with Crippen LogP contribution in [0.25, 0.3) is 0 Å². The summed E-state index contributed by atoms with van der Waals surface area (Å²) in [6, 6.07) is 5.94. The third-order valence-corrected chi connectivity index (χ3v) is 2.89. The normalized spacial score (nSPS) is 10.3. The van der Waals surface area contributed by atoms with Crippen molar-refractivity contribution in [1.29, 1.82) is 0 Å². The maximum absolute atomic E-state index is 5.35. The molecule has 0 aliphatic heterocycles. The zero-order chi connectivity index (χ0) is 12.5. The number of nitrogens with one attached hydrogen (secondary N) is 1. The molecular weight excluding hydrogens is 234 g/mol. The van der Waals surface area contributed by atoms with Crippen molar-refractivity contribution in [1.82, 2.24) is 5.32 Å².